The number of hydrogen-bond donors (Lipinski definition) is 0. The normalized spacial score (nSPS) is 12.2. The summed E-state index contributed by atoms with van der Waals surface area (Å²) in [4.78, 5) is 24.5. The van der Waals surface area contributed by atoms with Crippen molar-refractivity contribution in [2.24, 2.45) is 0 Å². The highest BCUT2D eigenvalue weighted by Gasteiger charge is 2.14. The summed E-state index contributed by atoms with van der Waals surface area (Å²) in [5.41, 5.74) is 0. The zero-order valence-corrected chi connectivity index (χ0v) is 15.4. The topological polar surface area (TPSA) is 55.8 Å². The Kier molecular flexibility index (Phi) is 13.8. The van der Waals surface area contributed by atoms with E-state index in [0.29, 0.717) is 6.42 Å². The molecule has 0 saturated carbocycles. The Morgan fingerprint density at radius 1 is 0.957 bits per heavy atom. The number of likely N-dealkylation sites (N-methyl/N-ethyl adjacent to an activating group) is 1. The predicted molar refractivity (Wildman–Crippen MR) is 92.3 cm³/mol. The van der Waals surface area contributed by atoms with Crippen molar-refractivity contribution in [1.82, 2.24) is 4.90 Å². The van der Waals surface area contributed by atoms with E-state index in [0.717, 1.165) is 58.2 Å². The minimum absolute atomic E-state index is 0.00623. The molecule has 5 heteroatoms. The molecule has 0 fully saturated rings. The molecule has 0 aliphatic rings. The van der Waals surface area contributed by atoms with Crippen molar-refractivity contribution < 1.29 is 19.1 Å². The van der Waals surface area contributed by atoms with Crippen molar-refractivity contribution >= 4 is 11.9 Å². The lowest BCUT2D eigenvalue weighted by Crippen LogP contribution is -2.34. The summed E-state index contributed by atoms with van der Waals surface area (Å²) in [7, 11) is 1.43. The van der Waals surface area contributed by atoms with Crippen LogP contribution in [-0.4, -0.2) is 49.7 Å². The van der Waals surface area contributed by atoms with E-state index < -0.39 is 0 Å². The Bertz CT molecular complexity index is 316. The second-order valence-corrected chi connectivity index (χ2v) is 5.95. The van der Waals surface area contributed by atoms with Crippen LogP contribution in [0, 0.1) is 0 Å². The zero-order valence-electron chi connectivity index (χ0n) is 15.4. The van der Waals surface area contributed by atoms with E-state index in [1.807, 2.05) is 0 Å². The van der Waals surface area contributed by atoms with Crippen LogP contribution in [0.4, 0.5) is 0 Å². The molecule has 0 N–H and O–H groups in total. The lowest BCUT2D eigenvalue weighted by Gasteiger charge is -2.25. The molecule has 0 spiro atoms. The van der Waals surface area contributed by atoms with E-state index in [9.17, 15) is 9.59 Å². The molecule has 0 rings (SSSR count). The molecular weight excluding hydrogens is 294 g/mol. The van der Waals surface area contributed by atoms with Crippen LogP contribution in [-0.2, 0) is 19.1 Å². The highest BCUT2D eigenvalue weighted by Crippen LogP contribution is 2.13. The molecule has 0 aromatic rings. The molecular formula is C18H35NO4. The summed E-state index contributed by atoms with van der Waals surface area (Å²) in [6.07, 6.45) is 7.97. The number of nitrogens with zero attached hydrogens (tertiary/aromatic N) is 1. The molecule has 1 atom stereocenters. The first-order valence-corrected chi connectivity index (χ1v) is 8.99. The maximum Gasteiger partial charge on any atom is 0.305 e. The fourth-order valence-electron chi connectivity index (χ4n) is 2.64. The van der Waals surface area contributed by atoms with Gasteiger partial charge in [-0.1, -0.05) is 39.5 Å². The molecule has 0 aliphatic heterocycles. The first-order chi connectivity index (χ1) is 11.0. The fourth-order valence-corrected chi connectivity index (χ4v) is 2.64. The van der Waals surface area contributed by atoms with Crippen molar-refractivity contribution in [3.63, 3.8) is 0 Å². The maximum absolute atomic E-state index is 11.2. The van der Waals surface area contributed by atoms with Gasteiger partial charge in [0.05, 0.1) is 7.11 Å². The Balaban J connectivity index is 3.77. The van der Waals surface area contributed by atoms with Crippen LogP contribution in [0.2, 0.25) is 0 Å². The highest BCUT2D eigenvalue weighted by atomic mass is 16.5. The van der Waals surface area contributed by atoms with Crippen LogP contribution >= 0.6 is 0 Å². The van der Waals surface area contributed by atoms with Crippen molar-refractivity contribution in [1.29, 1.82) is 0 Å². The summed E-state index contributed by atoms with van der Waals surface area (Å²) in [5, 5.41) is 0. The third-order valence-electron chi connectivity index (χ3n) is 4.07. The van der Waals surface area contributed by atoms with Gasteiger partial charge in [0.25, 0.3) is 0 Å². The largest absolute Gasteiger partial charge is 0.469 e. The Morgan fingerprint density at radius 3 is 2.04 bits per heavy atom. The summed E-state index contributed by atoms with van der Waals surface area (Å²) in [6, 6.07) is 0. The third kappa shape index (κ3) is 13.1. The van der Waals surface area contributed by atoms with Crippen LogP contribution in [0.1, 0.15) is 72.1 Å². The minimum atomic E-state index is -0.190. The van der Waals surface area contributed by atoms with Crippen molar-refractivity contribution in [2.45, 2.75) is 78.2 Å². The van der Waals surface area contributed by atoms with Crippen molar-refractivity contribution in [3.8, 4) is 0 Å². The van der Waals surface area contributed by atoms with E-state index in [1.165, 1.54) is 20.5 Å². The SMILES string of the molecule is CCN(CC)CC(CCCCCCCCC(=O)OC)OC(C)=O. The number of carbonyl (C=O) groups excluding carboxylic acids is 2. The van der Waals surface area contributed by atoms with Gasteiger partial charge in [-0.3, -0.25) is 9.59 Å². The van der Waals surface area contributed by atoms with Crippen LogP contribution in [0.15, 0.2) is 0 Å². The van der Waals surface area contributed by atoms with Crippen molar-refractivity contribution in [2.75, 3.05) is 26.7 Å². The highest BCUT2D eigenvalue weighted by molar-refractivity contribution is 5.68. The maximum atomic E-state index is 11.2. The lowest BCUT2D eigenvalue weighted by atomic mass is 10.1. The van der Waals surface area contributed by atoms with Gasteiger partial charge in [0.15, 0.2) is 0 Å². The number of rotatable bonds is 14. The van der Waals surface area contributed by atoms with Gasteiger partial charge in [0.2, 0.25) is 0 Å². The molecule has 5 nitrogen and oxygen atoms in total. The smallest absolute Gasteiger partial charge is 0.305 e. The first kappa shape index (κ1) is 21.9. The second kappa shape index (κ2) is 14.5. The molecule has 1 unspecified atom stereocenters. The van der Waals surface area contributed by atoms with Crippen molar-refractivity contribution in [3.05, 3.63) is 0 Å². The summed E-state index contributed by atoms with van der Waals surface area (Å²) >= 11 is 0. The van der Waals surface area contributed by atoms with Gasteiger partial charge < -0.3 is 14.4 Å². The zero-order chi connectivity index (χ0) is 17.5. The fraction of sp³-hybridized carbons (Fsp3) is 0.889. The van der Waals surface area contributed by atoms with Gasteiger partial charge in [-0.2, -0.15) is 0 Å². The van der Waals surface area contributed by atoms with E-state index >= 15 is 0 Å². The summed E-state index contributed by atoms with van der Waals surface area (Å²) in [6.45, 7) is 8.52. The average molecular weight is 329 g/mol. The molecule has 0 aliphatic carbocycles. The number of unbranched alkanes of at least 4 members (excludes halogenated alkanes) is 5. The third-order valence-corrected chi connectivity index (χ3v) is 4.07. The summed E-state index contributed by atoms with van der Waals surface area (Å²) < 4.78 is 10.1. The molecule has 0 heterocycles. The predicted octanol–water partition coefficient (Wildman–Crippen LogP) is 3.55. The minimum Gasteiger partial charge on any atom is -0.469 e. The monoisotopic (exact) mass is 329 g/mol. The van der Waals surface area contributed by atoms with Gasteiger partial charge in [-0.15, -0.1) is 0 Å². The molecule has 136 valence electrons. The van der Waals surface area contributed by atoms with Gasteiger partial charge in [0, 0.05) is 19.9 Å². The number of esters is 2. The molecule has 0 aromatic carbocycles. The standard InChI is InChI=1S/C18H35NO4/c1-5-19(6-2)15-17(23-16(3)20)13-11-9-7-8-10-12-14-18(21)22-4/h17H,5-15H2,1-4H3. The Labute approximate surface area is 141 Å². The van der Waals surface area contributed by atoms with Crippen LogP contribution in [0.25, 0.3) is 0 Å². The Morgan fingerprint density at radius 2 is 1.52 bits per heavy atom. The van der Waals surface area contributed by atoms with Gasteiger partial charge >= 0.3 is 11.9 Å². The van der Waals surface area contributed by atoms with E-state index in [-0.39, 0.29) is 18.0 Å². The molecule has 0 radical (unpaired) electrons. The number of ether oxygens (including phenoxy) is 2. The number of carbonyl (C=O) groups is 2. The van der Waals surface area contributed by atoms with E-state index in [2.05, 4.69) is 23.5 Å². The number of methoxy groups -OCH3 is 1. The van der Waals surface area contributed by atoms with Gasteiger partial charge in [-0.25, -0.2) is 0 Å². The molecule has 23 heavy (non-hydrogen) atoms. The molecule has 0 amide bonds. The quantitative estimate of drug-likeness (QED) is 0.360. The van der Waals surface area contributed by atoms with Crippen LogP contribution in [0.5, 0.6) is 0 Å². The first-order valence-electron chi connectivity index (χ1n) is 8.99. The van der Waals surface area contributed by atoms with Gasteiger partial charge in [0.1, 0.15) is 6.10 Å². The van der Waals surface area contributed by atoms with Gasteiger partial charge in [-0.05, 0) is 32.4 Å². The number of hydrogen-bond acceptors (Lipinski definition) is 5. The average Bonchev–Trinajstić information content (AvgIpc) is 2.53. The van der Waals surface area contributed by atoms with Crippen LogP contribution in [0.3, 0.4) is 0 Å². The summed E-state index contributed by atoms with van der Waals surface area (Å²) in [5.74, 6) is -0.310. The molecule has 0 aromatic heterocycles. The Hall–Kier alpha value is -1.10. The molecule has 0 saturated heterocycles. The van der Waals surface area contributed by atoms with Crippen LogP contribution < -0.4 is 0 Å². The second-order valence-electron chi connectivity index (χ2n) is 5.95. The van der Waals surface area contributed by atoms with E-state index in [1.54, 1.807) is 0 Å². The van der Waals surface area contributed by atoms with E-state index in [4.69, 9.17) is 4.74 Å². The lowest BCUT2D eigenvalue weighted by molar-refractivity contribution is -0.147. The molecule has 0 bridgehead atoms.